The predicted octanol–water partition coefficient (Wildman–Crippen LogP) is 13.8. The molecule has 0 unspecified atom stereocenters. The van der Waals surface area contributed by atoms with E-state index >= 15 is 0 Å². The summed E-state index contributed by atoms with van der Waals surface area (Å²) in [5, 5.41) is 15.1. The van der Waals surface area contributed by atoms with Crippen molar-refractivity contribution < 1.29 is 30.0 Å². The van der Waals surface area contributed by atoms with Gasteiger partial charge in [0, 0.05) is 72.5 Å². The average molecular weight is 912 g/mol. The smallest absolute Gasteiger partial charge is 0.164 e. The Balaban J connectivity index is 0.000000289. The van der Waals surface area contributed by atoms with Crippen molar-refractivity contribution in [3.8, 4) is 11.3 Å². The summed E-state index contributed by atoms with van der Waals surface area (Å²) in [6.07, 6.45) is 7.59. The summed E-state index contributed by atoms with van der Waals surface area (Å²) in [5.41, 5.74) is 3.81. The van der Waals surface area contributed by atoms with Crippen molar-refractivity contribution in [3.63, 3.8) is 0 Å². The number of thiophene rings is 2. The van der Waals surface area contributed by atoms with Crippen LogP contribution in [0.2, 0.25) is 0 Å². The Bertz CT molecular complexity index is 2210. The third-order valence-corrected chi connectivity index (χ3v) is 13.4. The number of rotatable bonds is 10. The first-order valence-corrected chi connectivity index (χ1v) is 20.2. The van der Waals surface area contributed by atoms with Crippen molar-refractivity contribution >= 4 is 69.6 Å². The van der Waals surface area contributed by atoms with Gasteiger partial charge in [-0.25, -0.2) is 4.98 Å². The van der Waals surface area contributed by atoms with Crippen LogP contribution in [-0.4, -0.2) is 20.9 Å². The first-order valence-electron chi connectivity index (χ1n) is 18.6. The topological polar surface area (TPSA) is 63.1 Å². The molecule has 7 heteroatoms. The van der Waals surface area contributed by atoms with Gasteiger partial charge in [-0.1, -0.05) is 105 Å². The van der Waals surface area contributed by atoms with Gasteiger partial charge in [0.25, 0.3) is 0 Å². The van der Waals surface area contributed by atoms with E-state index < -0.39 is 0 Å². The maximum atomic E-state index is 12.2. The minimum Gasteiger partial charge on any atom is -0.512 e. The van der Waals surface area contributed by atoms with Crippen molar-refractivity contribution in [1.82, 2.24) is 9.97 Å². The predicted molar refractivity (Wildman–Crippen MR) is 222 cm³/mol. The van der Waals surface area contributed by atoms with E-state index in [9.17, 15) is 9.90 Å². The molecular weight excluding hydrogens is 857 g/mol. The number of allylic oxidation sites excluding steroid dienone is 2. The maximum absolute atomic E-state index is 12.2. The summed E-state index contributed by atoms with van der Waals surface area (Å²) < 4.78 is 3.82. The molecule has 52 heavy (non-hydrogen) atoms. The molecule has 3 heterocycles. The number of aliphatic hydroxyl groups is 1. The third kappa shape index (κ3) is 8.39. The average Bonchev–Trinajstić information content (AvgIpc) is 3.70. The summed E-state index contributed by atoms with van der Waals surface area (Å²) in [7, 11) is 0. The molecular formula is C45H55IrN2O2S2-. The van der Waals surface area contributed by atoms with E-state index in [4.69, 9.17) is 9.97 Å². The summed E-state index contributed by atoms with van der Waals surface area (Å²) in [6, 6.07) is 21.4. The van der Waals surface area contributed by atoms with Crippen molar-refractivity contribution in [2.75, 3.05) is 0 Å². The van der Waals surface area contributed by atoms with Gasteiger partial charge in [-0.05, 0) is 61.6 Å². The van der Waals surface area contributed by atoms with Crippen LogP contribution in [0.3, 0.4) is 0 Å². The largest absolute Gasteiger partial charge is 0.512 e. The Morgan fingerprint density at radius 3 is 2.10 bits per heavy atom. The number of carbonyl (C=O) groups is 1. The van der Waals surface area contributed by atoms with E-state index in [-0.39, 0.29) is 47.9 Å². The van der Waals surface area contributed by atoms with Crippen LogP contribution in [0.4, 0.5) is 0 Å². The Morgan fingerprint density at radius 2 is 1.48 bits per heavy atom. The Kier molecular flexibility index (Phi) is 13.3. The minimum atomic E-state index is -0.337. The van der Waals surface area contributed by atoms with Gasteiger partial charge in [0.2, 0.25) is 0 Å². The van der Waals surface area contributed by atoms with E-state index in [1.807, 2.05) is 64.2 Å². The molecule has 6 aromatic rings. The van der Waals surface area contributed by atoms with Gasteiger partial charge in [-0.2, -0.15) is 0 Å². The fourth-order valence-electron chi connectivity index (χ4n) is 6.56. The number of benzene rings is 3. The molecule has 0 saturated carbocycles. The van der Waals surface area contributed by atoms with Crippen LogP contribution < -0.4 is 0 Å². The number of aliphatic hydroxyl groups excluding tert-OH is 1. The zero-order valence-corrected chi connectivity index (χ0v) is 36.8. The van der Waals surface area contributed by atoms with Crippen LogP contribution in [0, 0.1) is 22.8 Å². The molecule has 0 bridgehead atoms. The molecule has 0 atom stereocenters. The van der Waals surface area contributed by atoms with Crippen LogP contribution in [0.1, 0.15) is 112 Å². The normalized spacial score (nSPS) is 12.8. The van der Waals surface area contributed by atoms with Crippen molar-refractivity contribution in [2.45, 2.75) is 114 Å². The number of hydrogen-bond donors (Lipinski definition) is 1. The first-order chi connectivity index (χ1) is 24.1. The number of ketones is 1. The molecule has 0 spiro atoms. The van der Waals surface area contributed by atoms with Crippen molar-refractivity contribution in [2.24, 2.45) is 16.7 Å². The van der Waals surface area contributed by atoms with Gasteiger partial charge in [-0.15, -0.1) is 51.8 Å². The van der Waals surface area contributed by atoms with E-state index in [1.54, 1.807) is 6.33 Å². The fraction of sp³-hybridized carbons (Fsp3) is 0.444. The summed E-state index contributed by atoms with van der Waals surface area (Å²) in [6.45, 7) is 23.5. The number of fused-ring (bicyclic) bond motifs is 6. The standard InChI is InChI=1S/C30H27N2S2.C15H28O2.Ir/c1-17(2)12-20-15-23-25(33-20)11-10-22-27-29(34-28(22)23)26(31-16-32-27)19-13-18-8-6-7-9-21(18)24(14-19)30(3,4)5;1-7-14(5,8-2)12(16)11-13(17)15(6,9-3)10-4;/h6-11,14-17H,12H2,1-5H3;11,16H,7-10H2,1-6H3;/q-1;;/b;12-11-;. The zero-order valence-electron chi connectivity index (χ0n) is 32.8. The van der Waals surface area contributed by atoms with E-state index in [1.165, 1.54) is 42.1 Å². The number of carbonyl (C=O) groups excluding carboxylic acids is 1. The number of hydrogen-bond acceptors (Lipinski definition) is 6. The second-order valence-electron chi connectivity index (χ2n) is 16.0. The number of aromatic nitrogens is 2. The third-order valence-electron chi connectivity index (χ3n) is 11.0. The van der Waals surface area contributed by atoms with E-state index in [0.29, 0.717) is 5.92 Å². The molecule has 0 amide bonds. The molecule has 0 aliphatic heterocycles. The molecule has 3 aromatic heterocycles. The zero-order chi connectivity index (χ0) is 37.3. The fourth-order valence-corrected chi connectivity index (χ4v) is 9.18. The molecule has 279 valence electrons. The molecule has 6 rings (SSSR count). The number of nitrogens with zero attached hydrogens (tertiary/aromatic N) is 2. The summed E-state index contributed by atoms with van der Waals surface area (Å²) >= 11 is 3.75. The van der Waals surface area contributed by atoms with Gasteiger partial charge in [0.05, 0.1) is 5.52 Å². The Labute approximate surface area is 332 Å². The first kappa shape index (κ1) is 41.8. The monoisotopic (exact) mass is 912 g/mol. The van der Waals surface area contributed by atoms with Gasteiger partial charge in [0.1, 0.15) is 12.1 Å². The van der Waals surface area contributed by atoms with Crippen LogP contribution in [-0.2, 0) is 36.7 Å². The Hall–Kier alpha value is -2.96. The van der Waals surface area contributed by atoms with Gasteiger partial charge < -0.3 is 5.11 Å². The van der Waals surface area contributed by atoms with Crippen LogP contribution in [0.25, 0.3) is 52.4 Å². The molecule has 0 fully saturated rings. The second-order valence-corrected chi connectivity index (χ2v) is 18.2. The van der Waals surface area contributed by atoms with Crippen LogP contribution in [0.5, 0.6) is 0 Å². The van der Waals surface area contributed by atoms with Gasteiger partial charge >= 0.3 is 0 Å². The van der Waals surface area contributed by atoms with Crippen LogP contribution >= 0.6 is 22.7 Å². The van der Waals surface area contributed by atoms with Crippen molar-refractivity contribution in [1.29, 1.82) is 0 Å². The van der Waals surface area contributed by atoms with Crippen LogP contribution in [0.15, 0.2) is 66.7 Å². The molecule has 4 nitrogen and oxygen atoms in total. The molecule has 3 aromatic carbocycles. The molecule has 0 saturated heterocycles. The molecule has 1 radical (unpaired) electrons. The van der Waals surface area contributed by atoms with Crippen molar-refractivity contribution in [3.05, 3.63) is 83.2 Å². The quantitative estimate of drug-likeness (QED) is 0.0845. The van der Waals surface area contributed by atoms with E-state index in [2.05, 4.69) is 89.2 Å². The molecule has 0 aliphatic carbocycles. The summed E-state index contributed by atoms with van der Waals surface area (Å²) in [5.74, 6) is 0.942. The molecule has 1 N–H and O–H groups in total. The van der Waals surface area contributed by atoms with E-state index in [0.717, 1.165) is 59.0 Å². The van der Waals surface area contributed by atoms with Gasteiger partial charge in [-0.3, -0.25) is 9.78 Å². The second kappa shape index (κ2) is 16.6. The SMILES string of the molecule is CC(C)Cc1cc2c(ccc3c4ncnc(-c5[c-]c6ccccc6c(C(C)(C)C)c5)c4sc23)s1.CCC(C)(CC)C(=O)/C=C(\O)C(C)(CC)CC.[Ir]. The van der Waals surface area contributed by atoms with Gasteiger partial charge in [0.15, 0.2) is 5.78 Å². The summed E-state index contributed by atoms with van der Waals surface area (Å²) in [4.78, 5) is 23.2. The minimum absolute atomic E-state index is 0. The maximum Gasteiger partial charge on any atom is 0.164 e. The Morgan fingerprint density at radius 1 is 0.827 bits per heavy atom. The molecule has 0 aliphatic rings.